The molecule has 0 aromatic carbocycles. The zero-order chi connectivity index (χ0) is 15.2. The molecule has 2 nitrogen and oxygen atoms in total. The minimum atomic E-state index is 0. The fourth-order valence-corrected chi connectivity index (χ4v) is 2.85. The lowest BCUT2D eigenvalue weighted by Gasteiger charge is -2.22. The summed E-state index contributed by atoms with van der Waals surface area (Å²) in [5.74, 6) is 0. The minimum Gasteiger partial charge on any atom is -0.396 e. The van der Waals surface area contributed by atoms with Crippen LogP contribution >= 0.6 is 17.0 Å². The molecule has 0 saturated heterocycles. The van der Waals surface area contributed by atoms with Gasteiger partial charge in [0.15, 0.2) is 0 Å². The molecule has 0 aromatic rings. The first kappa shape index (κ1) is 21.7. The number of halogens is 1. The van der Waals surface area contributed by atoms with Crippen LogP contribution in [0, 0.1) is 0 Å². The molecule has 0 unspecified atom stereocenters. The molecule has 1 rings (SSSR count). The van der Waals surface area contributed by atoms with Gasteiger partial charge < -0.3 is 10.0 Å². The van der Waals surface area contributed by atoms with Gasteiger partial charge >= 0.3 is 0 Å². The Morgan fingerprint density at radius 1 is 0.955 bits per heavy atom. The molecule has 0 bridgehead atoms. The van der Waals surface area contributed by atoms with Crippen molar-refractivity contribution in [3.8, 4) is 0 Å². The van der Waals surface area contributed by atoms with Gasteiger partial charge in [0, 0.05) is 19.7 Å². The monoisotopic (exact) mass is 373 g/mol. The summed E-state index contributed by atoms with van der Waals surface area (Å²) in [6.07, 6.45) is 21.4. The Morgan fingerprint density at radius 2 is 1.55 bits per heavy atom. The second kappa shape index (κ2) is 15.6. The largest absolute Gasteiger partial charge is 0.396 e. The zero-order valence-electron chi connectivity index (χ0n) is 14.4. The maximum Gasteiger partial charge on any atom is 0.0471 e. The normalized spacial score (nSPS) is 13.9. The zero-order valence-corrected chi connectivity index (χ0v) is 16.1. The van der Waals surface area contributed by atoms with Crippen molar-refractivity contribution in [2.75, 3.05) is 19.7 Å². The number of hydrogen-bond donors (Lipinski definition) is 1. The summed E-state index contributed by atoms with van der Waals surface area (Å²) in [5, 5.41) is 8.90. The van der Waals surface area contributed by atoms with Crippen LogP contribution in [0.5, 0.6) is 0 Å². The van der Waals surface area contributed by atoms with Crippen LogP contribution in [0.15, 0.2) is 23.9 Å². The number of rotatable bonds is 13. The van der Waals surface area contributed by atoms with Crippen LogP contribution in [0.3, 0.4) is 0 Å². The molecule has 1 heterocycles. The van der Waals surface area contributed by atoms with Gasteiger partial charge in [-0.2, -0.15) is 0 Å². The van der Waals surface area contributed by atoms with Gasteiger partial charge in [-0.05, 0) is 30.7 Å². The third-order valence-electron chi connectivity index (χ3n) is 4.29. The van der Waals surface area contributed by atoms with E-state index in [1.807, 2.05) is 0 Å². The highest BCUT2D eigenvalue weighted by atomic mass is 79.9. The van der Waals surface area contributed by atoms with Crippen LogP contribution in [0.1, 0.15) is 77.6 Å². The second-order valence-corrected chi connectivity index (χ2v) is 6.25. The molecule has 22 heavy (non-hydrogen) atoms. The molecule has 0 atom stereocenters. The molecule has 0 spiro atoms. The Kier molecular flexibility index (Phi) is 15.4. The summed E-state index contributed by atoms with van der Waals surface area (Å²) in [6.45, 7) is 4.73. The molecule has 1 N–H and O–H groups in total. The average molecular weight is 374 g/mol. The van der Waals surface area contributed by atoms with E-state index in [1.165, 1.54) is 76.3 Å². The van der Waals surface area contributed by atoms with E-state index in [2.05, 4.69) is 30.2 Å². The molecular formula is C19H36BrNO. The molecule has 3 heteroatoms. The van der Waals surface area contributed by atoms with Crippen molar-refractivity contribution in [2.24, 2.45) is 0 Å². The maximum atomic E-state index is 8.90. The number of aliphatic hydroxyl groups excluding tert-OH is 1. The molecule has 0 saturated carbocycles. The Balaban J connectivity index is 0.00000441. The van der Waals surface area contributed by atoms with E-state index in [0.29, 0.717) is 0 Å². The van der Waals surface area contributed by atoms with E-state index in [0.717, 1.165) is 13.0 Å². The molecule has 1 aliphatic rings. The first-order valence-corrected chi connectivity index (χ1v) is 9.09. The van der Waals surface area contributed by atoms with E-state index >= 15 is 0 Å². The van der Waals surface area contributed by atoms with Gasteiger partial charge in [0.1, 0.15) is 0 Å². The van der Waals surface area contributed by atoms with E-state index in [4.69, 9.17) is 5.11 Å². The summed E-state index contributed by atoms with van der Waals surface area (Å²) >= 11 is 0. The van der Waals surface area contributed by atoms with Gasteiger partial charge in [-0.25, -0.2) is 0 Å². The summed E-state index contributed by atoms with van der Waals surface area (Å²) in [4.78, 5) is 2.38. The van der Waals surface area contributed by atoms with Crippen molar-refractivity contribution in [1.82, 2.24) is 4.90 Å². The molecule has 0 fully saturated rings. The Morgan fingerprint density at radius 3 is 2.05 bits per heavy atom. The average Bonchev–Trinajstić information content (AvgIpc) is 2.51. The van der Waals surface area contributed by atoms with Gasteiger partial charge in [-0.3, -0.25) is 0 Å². The third-order valence-corrected chi connectivity index (χ3v) is 4.29. The minimum absolute atomic E-state index is 0. The van der Waals surface area contributed by atoms with Crippen LogP contribution in [0.25, 0.3) is 0 Å². The lowest BCUT2D eigenvalue weighted by Crippen LogP contribution is -2.21. The van der Waals surface area contributed by atoms with Gasteiger partial charge in [-0.1, -0.05) is 70.8 Å². The molecule has 0 aromatic heterocycles. The standard InChI is InChI=1S/C19H35NO.BrH/c1-2-3-4-5-6-7-8-9-10-11-15-20-16-12-19(13-17-20)14-18-21;/h12-13,16,21H,2-11,14-15,17-18H2,1H3;1H. The van der Waals surface area contributed by atoms with Crippen molar-refractivity contribution < 1.29 is 5.11 Å². The molecule has 0 amide bonds. The van der Waals surface area contributed by atoms with E-state index < -0.39 is 0 Å². The van der Waals surface area contributed by atoms with E-state index in [1.54, 1.807) is 0 Å². The summed E-state index contributed by atoms with van der Waals surface area (Å²) in [7, 11) is 0. The van der Waals surface area contributed by atoms with Crippen LogP contribution in [-0.4, -0.2) is 29.7 Å². The van der Waals surface area contributed by atoms with Crippen molar-refractivity contribution in [2.45, 2.75) is 77.6 Å². The quantitative estimate of drug-likeness (QED) is 0.423. The number of hydrogen-bond acceptors (Lipinski definition) is 2. The fraction of sp³-hybridized carbons (Fsp3) is 0.789. The second-order valence-electron chi connectivity index (χ2n) is 6.25. The van der Waals surface area contributed by atoms with Crippen molar-refractivity contribution >= 4 is 17.0 Å². The molecular weight excluding hydrogens is 338 g/mol. The van der Waals surface area contributed by atoms with Crippen molar-refractivity contribution in [1.29, 1.82) is 0 Å². The van der Waals surface area contributed by atoms with Crippen molar-refractivity contribution in [3.63, 3.8) is 0 Å². The van der Waals surface area contributed by atoms with Crippen molar-refractivity contribution in [3.05, 3.63) is 23.9 Å². The summed E-state index contributed by atoms with van der Waals surface area (Å²) in [5.41, 5.74) is 1.27. The van der Waals surface area contributed by atoms with Crippen LogP contribution in [0.2, 0.25) is 0 Å². The van der Waals surface area contributed by atoms with Gasteiger partial charge in [0.05, 0.1) is 0 Å². The Bertz CT molecular complexity index is 302. The highest BCUT2D eigenvalue weighted by molar-refractivity contribution is 8.93. The molecule has 1 aliphatic heterocycles. The SMILES string of the molecule is Br.CCCCCCCCCCCCN1C=CC(CCO)=CC1. The highest BCUT2D eigenvalue weighted by Crippen LogP contribution is 2.13. The first-order chi connectivity index (χ1) is 10.4. The maximum absolute atomic E-state index is 8.90. The number of unbranched alkanes of at least 4 members (excludes halogenated alkanes) is 9. The first-order valence-electron chi connectivity index (χ1n) is 9.09. The predicted octanol–water partition coefficient (Wildman–Crippen LogP) is 5.62. The number of aliphatic hydroxyl groups is 1. The Labute approximate surface area is 148 Å². The smallest absolute Gasteiger partial charge is 0.0471 e. The highest BCUT2D eigenvalue weighted by Gasteiger charge is 2.03. The van der Waals surface area contributed by atoms with E-state index in [-0.39, 0.29) is 23.6 Å². The van der Waals surface area contributed by atoms with Crippen LogP contribution < -0.4 is 0 Å². The van der Waals surface area contributed by atoms with Gasteiger partial charge in [0.2, 0.25) is 0 Å². The number of allylic oxidation sites excluding steroid dienone is 1. The predicted molar refractivity (Wildman–Crippen MR) is 103 cm³/mol. The fourth-order valence-electron chi connectivity index (χ4n) is 2.85. The van der Waals surface area contributed by atoms with Crippen LogP contribution in [-0.2, 0) is 0 Å². The van der Waals surface area contributed by atoms with Gasteiger partial charge in [0.25, 0.3) is 0 Å². The number of nitrogens with zero attached hydrogens (tertiary/aromatic N) is 1. The summed E-state index contributed by atoms with van der Waals surface area (Å²) in [6, 6.07) is 0. The third kappa shape index (κ3) is 11.3. The van der Waals surface area contributed by atoms with E-state index in [9.17, 15) is 0 Å². The lowest BCUT2D eigenvalue weighted by molar-refractivity contribution is 0.299. The summed E-state index contributed by atoms with van der Waals surface area (Å²) < 4.78 is 0. The molecule has 130 valence electrons. The van der Waals surface area contributed by atoms with Crippen LogP contribution in [0.4, 0.5) is 0 Å². The molecule has 0 aliphatic carbocycles. The molecule has 0 radical (unpaired) electrons. The lowest BCUT2D eigenvalue weighted by atomic mass is 10.1. The topological polar surface area (TPSA) is 23.5 Å². The Hall–Kier alpha value is -0.280. The van der Waals surface area contributed by atoms with Gasteiger partial charge in [-0.15, -0.1) is 17.0 Å².